The summed E-state index contributed by atoms with van der Waals surface area (Å²) in [6, 6.07) is 18.8. The molecule has 0 amide bonds. The molecule has 1 fully saturated rings. The number of fused-ring (bicyclic) bond motifs is 1. The van der Waals surface area contributed by atoms with Crippen LogP contribution in [0.4, 0.5) is 0 Å². The number of carboxylic acid groups (broad SMARTS) is 1. The highest BCUT2D eigenvalue weighted by atomic mass is 16.5. The molecule has 4 rings (SSSR count). The molecule has 1 saturated carbocycles. The van der Waals surface area contributed by atoms with Crippen LogP contribution in [0.2, 0.25) is 0 Å². The van der Waals surface area contributed by atoms with Gasteiger partial charge in [0.1, 0.15) is 11.5 Å². The second kappa shape index (κ2) is 14.7. The summed E-state index contributed by atoms with van der Waals surface area (Å²) in [5.41, 5.74) is 1.56. The number of carbonyl (C=O) groups is 2. The van der Waals surface area contributed by atoms with E-state index in [4.69, 9.17) is 14.6 Å². The second-order valence-corrected chi connectivity index (χ2v) is 10.9. The average Bonchev–Trinajstić information content (AvgIpc) is 2.96. The van der Waals surface area contributed by atoms with E-state index >= 15 is 0 Å². The average molecular weight is 531 g/mol. The molecule has 5 heteroatoms. The van der Waals surface area contributed by atoms with Crippen LogP contribution in [0, 0.1) is 5.92 Å². The molecule has 0 saturated heterocycles. The molecule has 1 aliphatic rings. The van der Waals surface area contributed by atoms with Gasteiger partial charge in [-0.25, -0.2) is 4.79 Å². The number of carbonyl (C=O) groups excluding carboxylic acids is 1. The van der Waals surface area contributed by atoms with E-state index in [1.165, 1.54) is 50.5 Å². The van der Waals surface area contributed by atoms with Crippen molar-refractivity contribution in [2.24, 2.45) is 5.92 Å². The molecule has 3 aromatic carbocycles. The molecule has 0 spiro atoms. The minimum absolute atomic E-state index is 0.0967. The van der Waals surface area contributed by atoms with Gasteiger partial charge in [-0.05, 0) is 90.8 Å². The van der Waals surface area contributed by atoms with Gasteiger partial charge in [0.25, 0.3) is 0 Å². The molecular weight excluding hydrogens is 488 g/mol. The lowest BCUT2D eigenvalue weighted by Gasteiger charge is -2.27. The fourth-order valence-electron chi connectivity index (χ4n) is 5.54. The third-order valence-corrected chi connectivity index (χ3v) is 7.96. The zero-order valence-corrected chi connectivity index (χ0v) is 23.2. The molecular formula is C34H42O5. The standard InChI is InChI=1S/C34H42O5/c1-2-3-4-5-6-7-8-9-22-38-31-19-16-26(17-20-31)25-10-12-27(13-11-25)34(37)39-32-21-18-28-23-30(33(35)36)15-14-29(28)24-32/h14-21,23-25,27H,2-13,22H2,1H3,(H,35,36). The van der Waals surface area contributed by atoms with Crippen molar-refractivity contribution in [2.45, 2.75) is 89.9 Å². The molecule has 1 N–H and O–H groups in total. The molecule has 0 atom stereocenters. The molecule has 0 unspecified atom stereocenters. The Hall–Kier alpha value is -3.34. The first kappa shape index (κ1) is 28.7. The Morgan fingerprint density at radius 2 is 1.36 bits per heavy atom. The van der Waals surface area contributed by atoms with Gasteiger partial charge in [-0.2, -0.15) is 0 Å². The Morgan fingerprint density at radius 3 is 2.05 bits per heavy atom. The van der Waals surface area contributed by atoms with Crippen LogP contribution in [0.5, 0.6) is 11.5 Å². The number of hydrogen-bond donors (Lipinski definition) is 1. The Morgan fingerprint density at radius 1 is 0.744 bits per heavy atom. The van der Waals surface area contributed by atoms with Crippen LogP contribution < -0.4 is 9.47 Å². The van der Waals surface area contributed by atoms with Crippen molar-refractivity contribution in [1.82, 2.24) is 0 Å². The van der Waals surface area contributed by atoms with Gasteiger partial charge < -0.3 is 14.6 Å². The quantitative estimate of drug-likeness (QED) is 0.128. The minimum Gasteiger partial charge on any atom is -0.494 e. The van der Waals surface area contributed by atoms with Crippen molar-refractivity contribution in [3.8, 4) is 11.5 Å². The molecule has 1 aliphatic carbocycles. The minimum atomic E-state index is -0.957. The highest BCUT2D eigenvalue weighted by Crippen LogP contribution is 2.37. The summed E-state index contributed by atoms with van der Waals surface area (Å²) in [7, 11) is 0. The Bertz CT molecular complexity index is 1210. The van der Waals surface area contributed by atoms with E-state index in [2.05, 4.69) is 31.2 Å². The maximum absolute atomic E-state index is 12.8. The van der Waals surface area contributed by atoms with E-state index in [1.54, 1.807) is 36.4 Å². The number of hydrogen-bond acceptors (Lipinski definition) is 4. The monoisotopic (exact) mass is 530 g/mol. The first-order valence-corrected chi connectivity index (χ1v) is 14.7. The summed E-state index contributed by atoms with van der Waals surface area (Å²) in [5.74, 6) is 0.662. The van der Waals surface area contributed by atoms with Gasteiger partial charge in [-0.1, -0.05) is 76.1 Å². The molecule has 3 aromatic rings. The van der Waals surface area contributed by atoms with Gasteiger partial charge in [0.15, 0.2) is 0 Å². The van der Waals surface area contributed by atoms with Crippen LogP contribution in [0.1, 0.15) is 106 Å². The maximum atomic E-state index is 12.8. The molecule has 0 radical (unpaired) electrons. The number of unbranched alkanes of at least 4 members (excludes halogenated alkanes) is 7. The van der Waals surface area contributed by atoms with E-state index < -0.39 is 5.97 Å². The van der Waals surface area contributed by atoms with Crippen LogP contribution in [0.3, 0.4) is 0 Å². The highest BCUT2D eigenvalue weighted by molar-refractivity contribution is 5.95. The largest absolute Gasteiger partial charge is 0.494 e. The van der Waals surface area contributed by atoms with Crippen LogP contribution >= 0.6 is 0 Å². The van der Waals surface area contributed by atoms with Crippen molar-refractivity contribution in [1.29, 1.82) is 0 Å². The van der Waals surface area contributed by atoms with Crippen molar-refractivity contribution < 1.29 is 24.2 Å². The first-order valence-electron chi connectivity index (χ1n) is 14.7. The summed E-state index contributed by atoms with van der Waals surface area (Å²) < 4.78 is 11.7. The van der Waals surface area contributed by atoms with Crippen molar-refractivity contribution in [3.05, 3.63) is 71.8 Å². The topological polar surface area (TPSA) is 72.8 Å². The summed E-state index contributed by atoms with van der Waals surface area (Å²) in [4.78, 5) is 24.0. The fraction of sp³-hybridized carbons (Fsp3) is 0.471. The number of ether oxygens (including phenoxy) is 2. The predicted octanol–water partition coefficient (Wildman–Crippen LogP) is 8.94. The number of aromatic carboxylic acids is 1. The molecule has 0 bridgehead atoms. The van der Waals surface area contributed by atoms with Gasteiger partial charge >= 0.3 is 11.9 Å². The third-order valence-electron chi connectivity index (χ3n) is 7.96. The number of carboxylic acids is 1. The number of esters is 1. The van der Waals surface area contributed by atoms with Crippen LogP contribution in [-0.4, -0.2) is 23.7 Å². The molecule has 0 heterocycles. The molecule has 39 heavy (non-hydrogen) atoms. The Kier molecular flexibility index (Phi) is 10.8. The zero-order valence-electron chi connectivity index (χ0n) is 23.2. The first-order chi connectivity index (χ1) is 19.0. The van der Waals surface area contributed by atoms with Gasteiger partial charge in [0, 0.05) is 0 Å². The maximum Gasteiger partial charge on any atom is 0.335 e. The summed E-state index contributed by atoms with van der Waals surface area (Å²) >= 11 is 0. The highest BCUT2D eigenvalue weighted by Gasteiger charge is 2.28. The van der Waals surface area contributed by atoms with Gasteiger partial charge in [-0.15, -0.1) is 0 Å². The van der Waals surface area contributed by atoms with Crippen molar-refractivity contribution in [2.75, 3.05) is 6.61 Å². The summed E-state index contributed by atoms with van der Waals surface area (Å²) in [6.45, 7) is 3.04. The van der Waals surface area contributed by atoms with Crippen LogP contribution in [-0.2, 0) is 4.79 Å². The SMILES string of the molecule is CCCCCCCCCCOc1ccc(C2CCC(C(=O)Oc3ccc4cc(C(=O)O)ccc4c3)CC2)cc1. The molecule has 0 aromatic heterocycles. The molecule has 0 aliphatic heterocycles. The Labute approximate surface area is 232 Å². The summed E-state index contributed by atoms with van der Waals surface area (Å²) in [5, 5.41) is 10.8. The van der Waals surface area contributed by atoms with Gasteiger partial charge in [-0.3, -0.25) is 4.79 Å². The smallest absolute Gasteiger partial charge is 0.335 e. The number of rotatable bonds is 14. The lowest BCUT2D eigenvalue weighted by molar-refractivity contribution is -0.140. The predicted molar refractivity (Wildman–Crippen MR) is 156 cm³/mol. The zero-order chi connectivity index (χ0) is 27.5. The second-order valence-electron chi connectivity index (χ2n) is 10.9. The van der Waals surface area contributed by atoms with Crippen LogP contribution in [0.15, 0.2) is 60.7 Å². The van der Waals surface area contributed by atoms with Crippen LogP contribution in [0.25, 0.3) is 10.8 Å². The Balaban J connectivity index is 1.17. The molecule has 208 valence electrons. The van der Waals surface area contributed by atoms with E-state index in [0.717, 1.165) is 55.2 Å². The van der Waals surface area contributed by atoms with Gasteiger partial charge in [0.2, 0.25) is 0 Å². The van der Waals surface area contributed by atoms with Crippen molar-refractivity contribution >= 4 is 22.7 Å². The third kappa shape index (κ3) is 8.58. The van der Waals surface area contributed by atoms with Crippen molar-refractivity contribution in [3.63, 3.8) is 0 Å². The van der Waals surface area contributed by atoms with E-state index in [-0.39, 0.29) is 17.5 Å². The van der Waals surface area contributed by atoms with E-state index in [9.17, 15) is 9.59 Å². The van der Waals surface area contributed by atoms with E-state index in [0.29, 0.717) is 11.7 Å². The lowest BCUT2D eigenvalue weighted by atomic mass is 9.79. The normalized spacial score (nSPS) is 17.2. The van der Waals surface area contributed by atoms with Gasteiger partial charge in [0.05, 0.1) is 18.1 Å². The lowest BCUT2D eigenvalue weighted by Crippen LogP contribution is -2.25. The molecule has 5 nitrogen and oxygen atoms in total. The summed E-state index contributed by atoms with van der Waals surface area (Å²) in [6.07, 6.45) is 14.0. The van der Waals surface area contributed by atoms with E-state index in [1.807, 2.05) is 0 Å². The number of benzene rings is 3. The fourth-order valence-corrected chi connectivity index (χ4v) is 5.54.